The van der Waals surface area contributed by atoms with Gasteiger partial charge in [-0.15, -0.1) is 0 Å². The van der Waals surface area contributed by atoms with E-state index < -0.39 is 22.0 Å². The second-order valence-corrected chi connectivity index (χ2v) is 9.41. The van der Waals surface area contributed by atoms with Gasteiger partial charge in [0.15, 0.2) is 11.5 Å². The third-order valence-electron chi connectivity index (χ3n) is 5.57. The van der Waals surface area contributed by atoms with Gasteiger partial charge in [0.25, 0.3) is 10.0 Å². The quantitative estimate of drug-likeness (QED) is 0.455. The van der Waals surface area contributed by atoms with Crippen molar-refractivity contribution in [2.24, 2.45) is 0 Å². The van der Waals surface area contributed by atoms with Gasteiger partial charge in [-0.05, 0) is 41.5 Å². The average Bonchev–Trinajstić information content (AvgIpc) is 3.06. The van der Waals surface area contributed by atoms with Crippen LogP contribution in [0.1, 0.15) is 36.9 Å². The van der Waals surface area contributed by atoms with Gasteiger partial charge in [-0.25, -0.2) is 8.42 Å². The highest BCUT2D eigenvalue weighted by Crippen LogP contribution is 2.54. The number of sulfonamides is 1. The van der Waals surface area contributed by atoms with Crippen molar-refractivity contribution >= 4 is 21.7 Å². The van der Waals surface area contributed by atoms with E-state index in [4.69, 9.17) is 9.47 Å². The Balaban J connectivity index is 1.89. The molecule has 0 radical (unpaired) electrons. The first kappa shape index (κ1) is 21.7. The molecule has 0 aromatic heterocycles. The second kappa shape index (κ2) is 8.20. The van der Waals surface area contributed by atoms with Crippen LogP contribution in [0.5, 0.6) is 17.2 Å². The molecule has 0 fully saturated rings. The van der Waals surface area contributed by atoms with Crippen molar-refractivity contribution < 1.29 is 27.8 Å². The summed E-state index contributed by atoms with van der Waals surface area (Å²) < 4.78 is 39.3. The van der Waals surface area contributed by atoms with E-state index in [2.05, 4.69) is 0 Å². The molecule has 0 spiro atoms. The molecule has 1 heterocycles. The molecular weight excluding hydrogens is 430 g/mol. The fourth-order valence-corrected chi connectivity index (χ4v) is 5.87. The SMILES string of the molecule is COc1cc2c(cc1O)[C@H](C)[C@@H](c1ccc(OC(C)=O)cc1)N2S(=O)(=O)c1ccccc1. The molecule has 0 amide bonds. The molecule has 0 saturated carbocycles. The first-order valence-electron chi connectivity index (χ1n) is 10.0. The summed E-state index contributed by atoms with van der Waals surface area (Å²) >= 11 is 0. The lowest BCUT2D eigenvalue weighted by molar-refractivity contribution is -0.131. The Morgan fingerprint density at radius 1 is 1.03 bits per heavy atom. The Bertz CT molecular complexity index is 1260. The van der Waals surface area contributed by atoms with Crippen LogP contribution in [0, 0.1) is 0 Å². The minimum atomic E-state index is -3.94. The zero-order valence-corrected chi connectivity index (χ0v) is 18.7. The van der Waals surface area contributed by atoms with Crippen molar-refractivity contribution in [2.45, 2.75) is 30.7 Å². The van der Waals surface area contributed by atoms with Crippen molar-refractivity contribution in [3.8, 4) is 17.2 Å². The molecule has 8 heteroatoms. The highest BCUT2D eigenvalue weighted by atomic mass is 32.2. The summed E-state index contributed by atoms with van der Waals surface area (Å²) in [5.74, 6) is -0.188. The van der Waals surface area contributed by atoms with E-state index in [0.717, 1.165) is 5.56 Å². The Morgan fingerprint density at radius 2 is 1.69 bits per heavy atom. The number of hydrogen-bond acceptors (Lipinski definition) is 6. The summed E-state index contributed by atoms with van der Waals surface area (Å²) in [6.07, 6.45) is 0. The maximum Gasteiger partial charge on any atom is 0.308 e. The van der Waals surface area contributed by atoms with Crippen LogP contribution in [0.3, 0.4) is 0 Å². The molecular formula is C24H23NO6S. The molecule has 7 nitrogen and oxygen atoms in total. The highest BCUT2D eigenvalue weighted by Gasteiger charge is 2.44. The van der Waals surface area contributed by atoms with Gasteiger partial charge in [0, 0.05) is 18.9 Å². The van der Waals surface area contributed by atoms with Gasteiger partial charge in [0.1, 0.15) is 5.75 Å². The first-order chi connectivity index (χ1) is 15.2. The summed E-state index contributed by atoms with van der Waals surface area (Å²) in [5.41, 5.74) is 1.87. The van der Waals surface area contributed by atoms with Crippen LogP contribution >= 0.6 is 0 Å². The van der Waals surface area contributed by atoms with Crippen molar-refractivity contribution in [3.05, 3.63) is 77.9 Å². The van der Waals surface area contributed by atoms with Gasteiger partial charge >= 0.3 is 5.97 Å². The van der Waals surface area contributed by atoms with Crippen LogP contribution in [-0.4, -0.2) is 26.6 Å². The Hall–Kier alpha value is -3.52. The molecule has 1 N–H and O–H groups in total. The number of ether oxygens (including phenoxy) is 2. The zero-order chi connectivity index (χ0) is 23.0. The maximum atomic E-state index is 13.8. The number of rotatable bonds is 5. The Morgan fingerprint density at radius 3 is 2.28 bits per heavy atom. The highest BCUT2D eigenvalue weighted by molar-refractivity contribution is 7.92. The zero-order valence-electron chi connectivity index (χ0n) is 17.8. The van der Waals surface area contributed by atoms with Gasteiger partial charge in [-0.2, -0.15) is 0 Å². The van der Waals surface area contributed by atoms with Crippen LogP contribution in [0.15, 0.2) is 71.6 Å². The lowest BCUT2D eigenvalue weighted by Gasteiger charge is -2.29. The number of aromatic hydroxyl groups is 1. The van der Waals surface area contributed by atoms with Crippen molar-refractivity contribution in [1.29, 1.82) is 0 Å². The number of phenols is 1. The Labute approximate surface area is 186 Å². The molecule has 1 aliphatic heterocycles. The number of methoxy groups -OCH3 is 1. The van der Waals surface area contributed by atoms with Crippen LogP contribution in [0.2, 0.25) is 0 Å². The van der Waals surface area contributed by atoms with Gasteiger partial charge in [-0.3, -0.25) is 9.10 Å². The largest absolute Gasteiger partial charge is 0.504 e. The predicted molar refractivity (Wildman–Crippen MR) is 120 cm³/mol. The Kier molecular flexibility index (Phi) is 5.56. The van der Waals surface area contributed by atoms with E-state index in [0.29, 0.717) is 17.0 Å². The normalized spacial score (nSPS) is 17.7. The fourth-order valence-electron chi connectivity index (χ4n) is 4.12. The van der Waals surface area contributed by atoms with E-state index >= 15 is 0 Å². The van der Waals surface area contributed by atoms with E-state index in [1.165, 1.54) is 18.3 Å². The van der Waals surface area contributed by atoms with Crippen molar-refractivity contribution in [2.75, 3.05) is 11.4 Å². The summed E-state index contributed by atoms with van der Waals surface area (Å²) in [5, 5.41) is 10.3. The standard InChI is InChI=1S/C24H23NO6S/c1-15-20-13-22(27)23(30-3)14-21(20)25(32(28,29)19-7-5-4-6-8-19)24(15)17-9-11-18(12-10-17)31-16(2)26/h4-15,24,27H,1-3H3/t15-,24-/m0/s1. The lowest BCUT2D eigenvalue weighted by Crippen LogP contribution is -2.33. The number of phenolic OH excluding ortho intramolecular Hbond substituents is 1. The molecule has 0 saturated heterocycles. The van der Waals surface area contributed by atoms with Crippen LogP contribution in [0.25, 0.3) is 0 Å². The number of carbonyl (C=O) groups excluding carboxylic acids is 1. The van der Waals surface area contributed by atoms with Gasteiger partial charge < -0.3 is 14.6 Å². The average molecular weight is 454 g/mol. The van der Waals surface area contributed by atoms with Crippen LogP contribution < -0.4 is 13.8 Å². The summed E-state index contributed by atoms with van der Waals surface area (Å²) in [6.45, 7) is 3.23. The number of anilines is 1. The number of hydrogen-bond donors (Lipinski definition) is 1. The summed E-state index contributed by atoms with van der Waals surface area (Å²) in [6, 6.07) is 17.5. The molecule has 2 atom stereocenters. The monoisotopic (exact) mass is 453 g/mol. The number of esters is 1. The fraction of sp³-hybridized carbons (Fsp3) is 0.208. The van der Waals surface area contributed by atoms with Crippen LogP contribution in [0.4, 0.5) is 5.69 Å². The second-order valence-electron chi connectivity index (χ2n) is 7.59. The lowest BCUT2D eigenvalue weighted by atomic mass is 9.92. The summed E-state index contributed by atoms with van der Waals surface area (Å²) in [4.78, 5) is 11.4. The van der Waals surface area contributed by atoms with E-state index in [-0.39, 0.29) is 22.3 Å². The van der Waals surface area contributed by atoms with Crippen molar-refractivity contribution in [1.82, 2.24) is 0 Å². The van der Waals surface area contributed by atoms with Crippen LogP contribution in [-0.2, 0) is 14.8 Å². The molecule has 32 heavy (non-hydrogen) atoms. The minimum Gasteiger partial charge on any atom is -0.504 e. The molecule has 0 unspecified atom stereocenters. The maximum absolute atomic E-state index is 13.8. The van der Waals surface area contributed by atoms with Gasteiger partial charge in [0.05, 0.1) is 23.7 Å². The molecule has 3 aromatic carbocycles. The topological polar surface area (TPSA) is 93.1 Å². The van der Waals surface area contributed by atoms with Gasteiger partial charge in [-0.1, -0.05) is 37.3 Å². The van der Waals surface area contributed by atoms with E-state index in [1.807, 2.05) is 6.92 Å². The predicted octanol–water partition coefficient (Wildman–Crippen LogP) is 4.38. The number of fused-ring (bicyclic) bond motifs is 1. The molecule has 3 aromatic rings. The molecule has 1 aliphatic rings. The van der Waals surface area contributed by atoms with E-state index in [1.54, 1.807) is 66.7 Å². The van der Waals surface area contributed by atoms with Gasteiger partial charge in [0.2, 0.25) is 0 Å². The molecule has 166 valence electrons. The van der Waals surface area contributed by atoms with E-state index in [9.17, 15) is 18.3 Å². The smallest absolute Gasteiger partial charge is 0.308 e. The number of nitrogens with zero attached hydrogens (tertiary/aromatic N) is 1. The number of carbonyl (C=O) groups is 1. The molecule has 0 aliphatic carbocycles. The minimum absolute atomic E-state index is 0.0546. The summed E-state index contributed by atoms with van der Waals surface area (Å²) in [7, 11) is -2.52. The number of benzene rings is 3. The third kappa shape index (κ3) is 3.67. The van der Waals surface area contributed by atoms with Crippen molar-refractivity contribution in [3.63, 3.8) is 0 Å². The third-order valence-corrected chi connectivity index (χ3v) is 7.38. The molecule has 0 bridgehead atoms. The molecule has 4 rings (SSSR count). The first-order valence-corrected chi connectivity index (χ1v) is 11.5.